The summed E-state index contributed by atoms with van der Waals surface area (Å²) < 4.78 is 4.80. The molecule has 0 aliphatic rings. The molecule has 4 nitrogen and oxygen atoms in total. The van der Waals surface area contributed by atoms with Gasteiger partial charge in [0.2, 0.25) is 5.88 Å². The van der Waals surface area contributed by atoms with E-state index in [4.69, 9.17) is 4.74 Å². The summed E-state index contributed by atoms with van der Waals surface area (Å²) in [6.45, 7) is 1.79. The van der Waals surface area contributed by atoms with Crippen molar-refractivity contribution in [2.75, 3.05) is 7.11 Å². The summed E-state index contributed by atoms with van der Waals surface area (Å²) in [6.07, 6.45) is 0.445. The van der Waals surface area contributed by atoms with E-state index in [0.717, 1.165) is 0 Å². The van der Waals surface area contributed by atoms with Crippen LogP contribution in [0.25, 0.3) is 0 Å². The van der Waals surface area contributed by atoms with E-state index >= 15 is 0 Å². The van der Waals surface area contributed by atoms with E-state index < -0.39 is 0 Å². The van der Waals surface area contributed by atoms with E-state index in [9.17, 15) is 4.79 Å². The summed E-state index contributed by atoms with van der Waals surface area (Å²) in [5, 5.41) is 7.37. The van der Waals surface area contributed by atoms with E-state index in [1.165, 1.54) is 7.11 Å². The number of aromatic nitrogens is 2. The van der Waals surface area contributed by atoms with Gasteiger partial charge in [-0.3, -0.25) is 4.79 Å². The number of hydrogen-bond donors (Lipinski definition) is 0. The Kier molecular flexibility index (Phi) is 2.74. The molecule has 1 heterocycles. The molecule has 0 atom stereocenters. The van der Waals surface area contributed by atoms with Crippen molar-refractivity contribution in [3.63, 3.8) is 0 Å². The van der Waals surface area contributed by atoms with Gasteiger partial charge in [-0.05, 0) is 6.07 Å². The fraction of sp³-hybridized carbons (Fsp3) is 0.375. The highest BCUT2D eigenvalue weighted by Crippen LogP contribution is 2.04. The van der Waals surface area contributed by atoms with Crippen molar-refractivity contribution in [1.29, 1.82) is 0 Å². The normalized spacial score (nSPS) is 9.50. The Bertz CT molecular complexity index is 269. The molecule has 0 fully saturated rings. The first kappa shape index (κ1) is 8.64. The van der Waals surface area contributed by atoms with Gasteiger partial charge in [0.15, 0.2) is 5.78 Å². The molecule has 0 N–H and O–H groups in total. The van der Waals surface area contributed by atoms with Gasteiger partial charge < -0.3 is 4.74 Å². The summed E-state index contributed by atoms with van der Waals surface area (Å²) in [5.74, 6) is 0.410. The van der Waals surface area contributed by atoms with Crippen LogP contribution >= 0.6 is 0 Å². The number of methoxy groups -OCH3 is 1. The summed E-state index contributed by atoms with van der Waals surface area (Å²) in [5.41, 5.74) is 0.387. The lowest BCUT2D eigenvalue weighted by atomic mass is 10.2. The van der Waals surface area contributed by atoms with Gasteiger partial charge in [-0.2, -0.15) is 0 Å². The fourth-order valence-electron chi connectivity index (χ4n) is 0.759. The number of hydrogen-bond acceptors (Lipinski definition) is 4. The van der Waals surface area contributed by atoms with E-state index in [2.05, 4.69) is 10.2 Å². The third-order valence-corrected chi connectivity index (χ3v) is 1.46. The second kappa shape index (κ2) is 3.80. The molecule has 0 unspecified atom stereocenters. The van der Waals surface area contributed by atoms with Gasteiger partial charge in [-0.25, -0.2) is 0 Å². The molecular weight excluding hydrogens is 156 g/mol. The molecule has 1 aromatic rings. The molecule has 0 spiro atoms. The highest BCUT2D eigenvalue weighted by atomic mass is 16.5. The molecule has 0 bridgehead atoms. The number of ether oxygens (including phenoxy) is 1. The van der Waals surface area contributed by atoms with Gasteiger partial charge in [0.1, 0.15) is 5.69 Å². The standard InChI is InChI=1S/C8H10N2O2/c1-3-7(11)6-4-5-8(12-2)10-9-6/h4-5H,3H2,1-2H3. The topological polar surface area (TPSA) is 52.1 Å². The summed E-state index contributed by atoms with van der Waals surface area (Å²) in [6, 6.07) is 3.23. The molecular formula is C8H10N2O2. The van der Waals surface area contributed by atoms with E-state index in [0.29, 0.717) is 18.0 Å². The molecule has 0 saturated carbocycles. The Morgan fingerprint density at radius 2 is 2.25 bits per heavy atom. The van der Waals surface area contributed by atoms with Gasteiger partial charge in [-0.15, -0.1) is 10.2 Å². The Morgan fingerprint density at radius 1 is 1.50 bits per heavy atom. The molecule has 0 aliphatic carbocycles. The Balaban J connectivity index is 2.84. The number of Topliss-reactive ketones (excluding diaryl/α,β-unsaturated/α-hetero) is 1. The van der Waals surface area contributed by atoms with E-state index in [1.54, 1.807) is 19.1 Å². The van der Waals surface area contributed by atoms with Gasteiger partial charge in [0.25, 0.3) is 0 Å². The number of ketones is 1. The van der Waals surface area contributed by atoms with Crippen LogP contribution in [0.2, 0.25) is 0 Å². The molecule has 0 radical (unpaired) electrons. The Hall–Kier alpha value is -1.45. The van der Waals surface area contributed by atoms with Crippen LogP contribution in [0.3, 0.4) is 0 Å². The molecule has 1 aromatic heterocycles. The lowest BCUT2D eigenvalue weighted by Crippen LogP contribution is -2.02. The predicted molar refractivity (Wildman–Crippen MR) is 43.2 cm³/mol. The third kappa shape index (κ3) is 1.78. The molecule has 0 aromatic carbocycles. The summed E-state index contributed by atoms with van der Waals surface area (Å²) >= 11 is 0. The first-order valence-corrected chi connectivity index (χ1v) is 3.69. The van der Waals surface area contributed by atoms with Gasteiger partial charge >= 0.3 is 0 Å². The van der Waals surface area contributed by atoms with Crippen molar-refractivity contribution in [1.82, 2.24) is 10.2 Å². The van der Waals surface area contributed by atoms with Crippen LogP contribution in [-0.4, -0.2) is 23.1 Å². The minimum atomic E-state index is -0.00912. The zero-order valence-corrected chi connectivity index (χ0v) is 7.07. The van der Waals surface area contributed by atoms with Crippen LogP contribution in [0.4, 0.5) is 0 Å². The summed E-state index contributed by atoms with van der Waals surface area (Å²) in [7, 11) is 1.51. The first-order chi connectivity index (χ1) is 5.77. The largest absolute Gasteiger partial charge is 0.480 e. The predicted octanol–water partition coefficient (Wildman–Crippen LogP) is 1.08. The van der Waals surface area contributed by atoms with E-state index in [1.807, 2.05) is 0 Å². The number of carbonyl (C=O) groups is 1. The molecule has 4 heteroatoms. The third-order valence-electron chi connectivity index (χ3n) is 1.46. The maximum atomic E-state index is 11.1. The van der Waals surface area contributed by atoms with Crippen molar-refractivity contribution >= 4 is 5.78 Å². The van der Waals surface area contributed by atoms with Crippen LogP contribution in [0.5, 0.6) is 5.88 Å². The Labute approximate surface area is 70.6 Å². The quantitative estimate of drug-likeness (QED) is 0.630. The lowest BCUT2D eigenvalue weighted by molar-refractivity contribution is 0.0982. The van der Waals surface area contributed by atoms with Crippen LogP contribution in [0.15, 0.2) is 12.1 Å². The molecule has 1 rings (SSSR count). The molecule has 0 saturated heterocycles. The first-order valence-electron chi connectivity index (χ1n) is 3.69. The van der Waals surface area contributed by atoms with Gasteiger partial charge in [0.05, 0.1) is 7.11 Å². The molecule has 12 heavy (non-hydrogen) atoms. The van der Waals surface area contributed by atoms with Crippen LogP contribution in [0.1, 0.15) is 23.8 Å². The van der Waals surface area contributed by atoms with Crippen LogP contribution in [0, 0.1) is 0 Å². The SMILES string of the molecule is CCC(=O)c1ccc(OC)nn1. The number of carbonyl (C=O) groups excluding carboxylic acids is 1. The molecule has 0 aliphatic heterocycles. The monoisotopic (exact) mass is 166 g/mol. The highest BCUT2D eigenvalue weighted by Gasteiger charge is 2.04. The summed E-state index contributed by atoms with van der Waals surface area (Å²) in [4.78, 5) is 11.1. The number of nitrogens with zero attached hydrogens (tertiary/aromatic N) is 2. The average molecular weight is 166 g/mol. The van der Waals surface area contributed by atoms with Crippen molar-refractivity contribution in [3.05, 3.63) is 17.8 Å². The Morgan fingerprint density at radius 3 is 2.67 bits per heavy atom. The second-order valence-electron chi connectivity index (χ2n) is 2.24. The smallest absolute Gasteiger partial charge is 0.233 e. The minimum Gasteiger partial charge on any atom is -0.480 e. The highest BCUT2D eigenvalue weighted by molar-refractivity contribution is 5.93. The maximum Gasteiger partial charge on any atom is 0.233 e. The lowest BCUT2D eigenvalue weighted by Gasteiger charge is -1.97. The zero-order chi connectivity index (χ0) is 8.97. The zero-order valence-electron chi connectivity index (χ0n) is 7.07. The van der Waals surface area contributed by atoms with E-state index in [-0.39, 0.29) is 5.78 Å². The van der Waals surface area contributed by atoms with Crippen molar-refractivity contribution in [2.24, 2.45) is 0 Å². The van der Waals surface area contributed by atoms with Crippen molar-refractivity contribution in [3.8, 4) is 5.88 Å². The van der Waals surface area contributed by atoms with Gasteiger partial charge in [0, 0.05) is 12.5 Å². The van der Waals surface area contributed by atoms with Crippen molar-refractivity contribution < 1.29 is 9.53 Å². The minimum absolute atomic E-state index is 0.00912. The second-order valence-corrected chi connectivity index (χ2v) is 2.24. The van der Waals surface area contributed by atoms with Crippen LogP contribution in [-0.2, 0) is 0 Å². The fourth-order valence-corrected chi connectivity index (χ4v) is 0.759. The number of rotatable bonds is 3. The molecule has 64 valence electrons. The maximum absolute atomic E-state index is 11.1. The van der Waals surface area contributed by atoms with Crippen LogP contribution < -0.4 is 4.74 Å². The molecule has 0 amide bonds. The van der Waals surface area contributed by atoms with Gasteiger partial charge in [-0.1, -0.05) is 6.92 Å². The van der Waals surface area contributed by atoms with Crippen molar-refractivity contribution in [2.45, 2.75) is 13.3 Å². The average Bonchev–Trinajstić information content (AvgIpc) is 2.17.